The van der Waals surface area contributed by atoms with Crippen molar-refractivity contribution in [2.75, 3.05) is 13.2 Å². The average molecular weight is 1100 g/mol. The molecule has 1 aliphatic rings. The summed E-state index contributed by atoms with van der Waals surface area (Å²) < 4.78 is 12.2. The van der Waals surface area contributed by atoms with Crippen molar-refractivity contribution in [3.05, 3.63) is 86.5 Å². The molecule has 422 valence electrons. The Morgan fingerprint density at radius 3 is 0.836 bits per heavy atom. The minimum absolute atomic E-state index is 0.0757. The second kappa shape index (κ2) is 47.3. The molecule has 0 N–H and O–H groups in total. The predicted molar refractivity (Wildman–Crippen MR) is 318 cm³/mol. The number of hydrogen-bond acceptors (Lipinski definition) is 2. The van der Waals surface area contributed by atoms with Gasteiger partial charge in [0.25, 0.3) is 0 Å². The van der Waals surface area contributed by atoms with E-state index in [1.165, 1.54) is 256 Å². The van der Waals surface area contributed by atoms with Crippen LogP contribution in [0.3, 0.4) is 0 Å². The molecule has 2 aromatic rings. The third-order valence-electron chi connectivity index (χ3n) is 15.0. The molecule has 0 amide bonds. The molecular formula is C68H118N2O2Pd. The van der Waals surface area contributed by atoms with E-state index in [1.807, 2.05) is 0 Å². The zero-order valence-electron chi connectivity index (χ0n) is 49.6. The Bertz CT molecular complexity index is 1630. The first kappa shape index (κ1) is 67.2. The number of hydrogen-bond donors (Lipinski definition) is 0. The average Bonchev–Trinajstić information content (AvgIpc) is 3.68. The maximum atomic E-state index is 12.9. The first-order valence-electron chi connectivity index (χ1n) is 32.0. The molecule has 5 heteroatoms. The summed E-state index contributed by atoms with van der Waals surface area (Å²) in [5.74, 6) is 0. The van der Waals surface area contributed by atoms with Crippen LogP contribution in [-0.4, -0.2) is 17.9 Å². The van der Waals surface area contributed by atoms with Crippen molar-refractivity contribution in [2.45, 2.75) is 325 Å². The molecule has 4 nitrogen and oxygen atoms in total. The van der Waals surface area contributed by atoms with Crippen molar-refractivity contribution in [1.29, 1.82) is 0 Å². The van der Waals surface area contributed by atoms with E-state index in [-0.39, 0.29) is 18.7 Å². The van der Waals surface area contributed by atoms with Crippen molar-refractivity contribution < 1.29 is 30.3 Å². The molecule has 0 bridgehead atoms. The van der Waals surface area contributed by atoms with Gasteiger partial charge in [-0.3, -0.25) is 0 Å². The van der Waals surface area contributed by atoms with Gasteiger partial charge in [-0.2, -0.15) is 0 Å². The molecule has 0 spiro atoms. The standard InChI is InChI=1S/C60H100N2.2C4H9O.Pd/c1-7-13-19-24-29-34-39-51-45-52(40-35-30-25-20-14-8-2)48-55(47-51)59-57(43-18-12-6)58(44-38-33-28-23-17-11-5)60(62(59)61)56-49-53(41-36-31-26-21-15-9-3)46-54(50-56)42-37-32-27-22-16-10-4;2*1-2-3-4-5;/h45-50H,7-44H2,1-6H3;2*2-4H2,1H3;/q;2*-1;+2. The van der Waals surface area contributed by atoms with E-state index >= 15 is 0 Å². The van der Waals surface area contributed by atoms with Crippen molar-refractivity contribution >= 4 is 11.4 Å². The number of allylic oxidation sites excluding steroid dienone is 2. The maximum absolute atomic E-state index is 12.9. The molecular weight excluding hydrogens is 983 g/mol. The number of nitrogens with zero attached hydrogens (tertiary/aromatic N) is 2. The molecule has 0 saturated carbocycles. The Morgan fingerprint density at radius 1 is 0.301 bits per heavy atom. The topological polar surface area (TPSA) is 43.8 Å². The number of benzene rings is 2. The molecule has 1 aliphatic heterocycles. The van der Waals surface area contributed by atoms with E-state index in [2.05, 4.69) is 91.8 Å². The van der Waals surface area contributed by atoms with Crippen LogP contribution < -0.4 is 0 Å². The summed E-state index contributed by atoms with van der Waals surface area (Å²) in [6.07, 6.45) is 53.2. The Balaban J connectivity index is 0.00000147. The van der Waals surface area contributed by atoms with E-state index < -0.39 is 0 Å². The number of unbranched alkanes of at least 4 members (excludes halogenated alkanes) is 28. The van der Waals surface area contributed by atoms with E-state index in [0.717, 1.165) is 82.4 Å². The monoisotopic (exact) mass is 1100 g/mol. The molecule has 1 heterocycles. The van der Waals surface area contributed by atoms with E-state index in [4.69, 9.17) is 6.92 Å². The van der Waals surface area contributed by atoms with E-state index in [1.54, 1.807) is 4.70 Å². The third-order valence-corrected chi connectivity index (χ3v) is 16.0. The summed E-state index contributed by atoms with van der Waals surface area (Å²) in [5, 5.41) is 0. The van der Waals surface area contributed by atoms with Gasteiger partial charge >= 0.3 is 78.4 Å². The Morgan fingerprint density at radius 2 is 0.548 bits per heavy atom. The SMILES string of the molecule is CCCCCCCCC1=C(c2cc(CCCCCCCC)cc(CCCCCCCC)c2)[N+](=[N-])C(c2cc(CCCCCCCC)cc(CCCCCCCC)c2)=C1CCCC.CCCC[O][Pd][O]CCCC. The Hall–Kier alpha value is -1.90. The van der Waals surface area contributed by atoms with Crippen LogP contribution in [0.4, 0.5) is 0 Å². The van der Waals surface area contributed by atoms with Gasteiger partial charge < -0.3 is 5.53 Å². The molecule has 2 aromatic carbocycles. The number of aryl methyl sites for hydroxylation is 4. The zero-order valence-corrected chi connectivity index (χ0v) is 51.2. The molecule has 0 radical (unpaired) electrons. The molecule has 0 atom stereocenters. The first-order valence-corrected chi connectivity index (χ1v) is 33.2. The summed E-state index contributed by atoms with van der Waals surface area (Å²) in [5.41, 5.74) is 26.4. The second-order valence-electron chi connectivity index (χ2n) is 22.1. The van der Waals surface area contributed by atoms with Gasteiger partial charge in [-0.1, -0.05) is 221 Å². The van der Waals surface area contributed by atoms with Crippen molar-refractivity contribution in [3.8, 4) is 0 Å². The molecule has 0 aliphatic carbocycles. The van der Waals surface area contributed by atoms with Crippen LogP contribution in [0, 0.1) is 0 Å². The first-order chi connectivity index (χ1) is 35.9. The fourth-order valence-corrected chi connectivity index (χ4v) is 11.3. The fraction of sp³-hybridized carbons (Fsp3) is 0.765. The summed E-state index contributed by atoms with van der Waals surface area (Å²) in [4.78, 5) is 0. The van der Waals surface area contributed by atoms with E-state index in [0.29, 0.717) is 0 Å². The van der Waals surface area contributed by atoms with Crippen LogP contribution in [0.5, 0.6) is 0 Å². The van der Waals surface area contributed by atoms with Gasteiger partial charge in [-0.15, -0.1) is 0 Å². The van der Waals surface area contributed by atoms with Gasteiger partial charge in [0.05, 0.1) is 0 Å². The van der Waals surface area contributed by atoms with Crippen molar-refractivity contribution in [1.82, 2.24) is 0 Å². The van der Waals surface area contributed by atoms with Crippen LogP contribution in [0.2, 0.25) is 0 Å². The molecule has 0 fully saturated rings. The van der Waals surface area contributed by atoms with Crippen LogP contribution >= 0.6 is 0 Å². The zero-order chi connectivity index (χ0) is 52.8. The van der Waals surface area contributed by atoms with Gasteiger partial charge in [-0.05, 0) is 124 Å². The van der Waals surface area contributed by atoms with Gasteiger partial charge in [-0.25, -0.2) is 4.70 Å². The van der Waals surface area contributed by atoms with Gasteiger partial charge in [0, 0.05) is 22.3 Å². The third kappa shape index (κ3) is 31.2. The Labute approximate surface area is 463 Å². The molecule has 0 saturated heterocycles. The summed E-state index contributed by atoms with van der Waals surface area (Å²) in [7, 11) is 0. The fourth-order valence-electron chi connectivity index (χ4n) is 10.5. The van der Waals surface area contributed by atoms with E-state index in [9.17, 15) is 5.53 Å². The van der Waals surface area contributed by atoms with Crippen molar-refractivity contribution in [2.24, 2.45) is 0 Å². The Kier molecular flexibility index (Phi) is 43.6. The predicted octanol–water partition coefficient (Wildman–Crippen LogP) is 22.9. The van der Waals surface area contributed by atoms with Gasteiger partial charge in [0.1, 0.15) is 0 Å². The number of rotatable bonds is 48. The van der Waals surface area contributed by atoms with Gasteiger partial charge in [0.15, 0.2) is 0 Å². The summed E-state index contributed by atoms with van der Waals surface area (Å²) in [6.45, 7) is 20.0. The van der Waals surface area contributed by atoms with Crippen LogP contribution in [0.25, 0.3) is 16.9 Å². The quantitative estimate of drug-likeness (QED) is 0.0377. The van der Waals surface area contributed by atoms with Crippen molar-refractivity contribution in [3.63, 3.8) is 0 Å². The normalized spacial score (nSPS) is 12.7. The summed E-state index contributed by atoms with van der Waals surface area (Å²) in [6, 6.07) is 15.1. The molecule has 0 unspecified atom stereocenters. The van der Waals surface area contributed by atoms with Crippen LogP contribution in [0.15, 0.2) is 47.5 Å². The summed E-state index contributed by atoms with van der Waals surface area (Å²) >= 11 is 0.0757. The second-order valence-corrected chi connectivity index (χ2v) is 23.2. The van der Waals surface area contributed by atoms with Crippen LogP contribution in [0.1, 0.15) is 333 Å². The van der Waals surface area contributed by atoms with Gasteiger partial charge in [0.2, 0.25) is 11.4 Å². The molecule has 73 heavy (non-hydrogen) atoms. The molecule has 3 rings (SSSR count). The minimum atomic E-state index is 0.0757. The van der Waals surface area contributed by atoms with Crippen LogP contribution in [-0.2, 0) is 51.3 Å². The molecule has 0 aromatic heterocycles.